The van der Waals surface area contributed by atoms with Crippen molar-refractivity contribution in [2.24, 2.45) is 0 Å². The third-order valence-corrected chi connectivity index (χ3v) is 4.75. The predicted octanol–water partition coefficient (Wildman–Crippen LogP) is 3.81. The summed E-state index contributed by atoms with van der Waals surface area (Å²) in [6.07, 6.45) is 2.19. The van der Waals surface area contributed by atoms with Crippen molar-refractivity contribution < 1.29 is 13.2 Å². The highest BCUT2D eigenvalue weighted by Crippen LogP contribution is 2.44. The topological polar surface area (TPSA) is 69.6 Å². The van der Waals surface area contributed by atoms with Crippen molar-refractivity contribution in [1.29, 1.82) is 0 Å². The first-order valence-corrected chi connectivity index (χ1v) is 8.07. The Kier molecular flexibility index (Phi) is 3.24. The van der Waals surface area contributed by atoms with Crippen molar-refractivity contribution >= 4 is 17.1 Å². The van der Waals surface area contributed by atoms with Crippen LogP contribution in [-0.2, 0) is 6.18 Å². The Bertz CT molecular complexity index is 742. The van der Waals surface area contributed by atoms with E-state index >= 15 is 0 Å². The van der Waals surface area contributed by atoms with Gasteiger partial charge in [0.25, 0.3) is 0 Å². The van der Waals surface area contributed by atoms with E-state index in [2.05, 4.69) is 15.0 Å². The van der Waals surface area contributed by atoms with Crippen LogP contribution in [0.25, 0.3) is 11.2 Å². The highest BCUT2D eigenvalue weighted by Gasteiger charge is 2.39. The second-order valence-electron chi connectivity index (χ2n) is 6.51. The summed E-state index contributed by atoms with van der Waals surface area (Å²) in [7, 11) is 0. The molecule has 0 bridgehead atoms. The van der Waals surface area contributed by atoms with Crippen LogP contribution in [0.1, 0.15) is 68.4 Å². The molecule has 2 heterocycles. The Hall–Kier alpha value is -1.86. The Morgan fingerprint density at radius 3 is 2.26 bits per heavy atom. The molecule has 0 aliphatic heterocycles. The minimum absolute atomic E-state index is 0.0516. The molecule has 2 aromatic heterocycles. The number of fused-ring (bicyclic) bond motifs is 1. The lowest BCUT2D eigenvalue weighted by Crippen LogP contribution is -2.17. The fraction of sp³-hybridized carbons (Fsp3) is 0.667. The molecule has 124 valence electrons. The van der Waals surface area contributed by atoms with Crippen molar-refractivity contribution in [3.63, 3.8) is 0 Å². The second-order valence-corrected chi connectivity index (χ2v) is 6.51. The molecule has 0 spiro atoms. The summed E-state index contributed by atoms with van der Waals surface area (Å²) in [6, 6.07) is 0.0804. The van der Waals surface area contributed by atoms with Crippen LogP contribution < -0.4 is 5.73 Å². The largest absolute Gasteiger partial charge is 0.451 e. The van der Waals surface area contributed by atoms with E-state index in [0.717, 1.165) is 44.9 Å². The Morgan fingerprint density at radius 2 is 1.65 bits per heavy atom. The number of nitrogens with two attached hydrogens (primary N) is 1. The highest BCUT2D eigenvalue weighted by atomic mass is 19.4. The molecule has 2 aliphatic carbocycles. The number of alkyl halides is 3. The number of anilines is 1. The molecular formula is C15H18F3N5. The first-order chi connectivity index (χ1) is 10.9. The van der Waals surface area contributed by atoms with E-state index in [1.807, 2.05) is 0 Å². The molecular weight excluding hydrogens is 307 g/mol. The van der Waals surface area contributed by atoms with Gasteiger partial charge in [-0.05, 0) is 25.7 Å². The highest BCUT2D eigenvalue weighted by molar-refractivity contribution is 5.78. The van der Waals surface area contributed by atoms with Gasteiger partial charge in [0.1, 0.15) is 5.52 Å². The van der Waals surface area contributed by atoms with E-state index in [1.165, 1.54) is 0 Å². The molecule has 4 rings (SSSR count). The first-order valence-electron chi connectivity index (χ1n) is 8.07. The summed E-state index contributed by atoms with van der Waals surface area (Å²) in [5.74, 6) is -0.776. The molecule has 0 radical (unpaired) electrons. The maximum absolute atomic E-state index is 13.2. The summed E-state index contributed by atoms with van der Waals surface area (Å²) >= 11 is 0. The van der Waals surface area contributed by atoms with Crippen LogP contribution in [0.5, 0.6) is 0 Å². The van der Waals surface area contributed by atoms with Crippen LogP contribution in [0, 0.1) is 0 Å². The third kappa shape index (κ3) is 2.53. The van der Waals surface area contributed by atoms with Crippen molar-refractivity contribution in [2.45, 2.75) is 63.1 Å². The molecule has 5 nitrogen and oxygen atoms in total. The molecule has 0 unspecified atom stereocenters. The van der Waals surface area contributed by atoms with Crippen molar-refractivity contribution in [3.8, 4) is 0 Å². The number of rotatable bonds is 2. The van der Waals surface area contributed by atoms with Gasteiger partial charge in [-0.2, -0.15) is 13.2 Å². The zero-order valence-electron chi connectivity index (χ0n) is 12.6. The van der Waals surface area contributed by atoms with E-state index in [4.69, 9.17) is 5.73 Å². The Labute approximate surface area is 131 Å². The monoisotopic (exact) mass is 325 g/mol. The number of imidazole rings is 1. The number of nitrogen functional groups attached to an aromatic ring is 1. The van der Waals surface area contributed by atoms with Crippen LogP contribution >= 0.6 is 0 Å². The van der Waals surface area contributed by atoms with Gasteiger partial charge in [-0.25, -0.2) is 15.0 Å². The summed E-state index contributed by atoms with van der Waals surface area (Å²) in [6.45, 7) is 0. The standard InChI is InChI=1S/C15H18F3N5/c16-15(17,18)13-20-10(8-6-7-8)11-12(22-13)23(14(19)21-11)9-4-2-1-3-5-9/h8-9H,1-7H2,(H2,19,21). The van der Waals surface area contributed by atoms with Crippen LogP contribution in [-0.4, -0.2) is 19.5 Å². The smallest absolute Gasteiger partial charge is 0.369 e. The Morgan fingerprint density at radius 1 is 0.957 bits per heavy atom. The van der Waals surface area contributed by atoms with Crippen LogP contribution in [0.2, 0.25) is 0 Å². The SMILES string of the molecule is Nc1nc2c(C3CC3)nc(C(F)(F)F)nc2n1C1CCCCC1. The molecule has 23 heavy (non-hydrogen) atoms. The van der Waals surface area contributed by atoms with Gasteiger partial charge in [0.2, 0.25) is 11.8 Å². The average molecular weight is 325 g/mol. The van der Waals surface area contributed by atoms with Crippen molar-refractivity contribution in [2.75, 3.05) is 5.73 Å². The summed E-state index contributed by atoms with van der Waals surface area (Å²) in [4.78, 5) is 11.9. The number of hydrogen-bond donors (Lipinski definition) is 1. The van der Waals surface area contributed by atoms with Gasteiger partial charge in [0.05, 0.1) is 5.69 Å². The fourth-order valence-electron chi connectivity index (χ4n) is 3.48. The molecule has 8 heteroatoms. The lowest BCUT2D eigenvalue weighted by atomic mass is 9.95. The van der Waals surface area contributed by atoms with Crippen LogP contribution in [0.15, 0.2) is 0 Å². The van der Waals surface area contributed by atoms with Gasteiger partial charge in [0.15, 0.2) is 5.65 Å². The zero-order chi connectivity index (χ0) is 16.2. The van der Waals surface area contributed by atoms with Gasteiger partial charge >= 0.3 is 6.18 Å². The first kappa shape index (κ1) is 14.7. The lowest BCUT2D eigenvalue weighted by molar-refractivity contribution is -0.144. The van der Waals surface area contributed by atoms with E-state index in [1.54, 1.807) is 4.57 Å². The second kappa shape index (κ2) is 5.07. The zero-order valence-corrected chi connectivity index (χ0v) is 12.6. The predicted molar refractivity (Wildman–Crippen MR) is 78.8 cm³/mol. The molecule has 0 aromatic carbocycles. The number of halogens is 3. The number of hydrogen-bond acceptors (Lipinski definition) is 4. The third-order valence-electron chi connectivity index (χ3n) is 4.75. The molecule has 0 atom stereocenters. The summed E-state index contributed by atoms with van der Waals surface area (Å²) < 4.78 is 41.2. The minimum atomic E-state index is -4.56. The minimum Gasteiger partial charge on any atom is -0.369 e. The van der Waals surface area contributed by atoms with E-state index in [9.17, 15) is 13.2 Å². The van der Waals surface area contributed by atoms with E-state index in [0.29, 0.717) is 11.2 Å². The fourth-order valence-corrected chi connectivity index (χ4v) is 3.48. The van der Waals surface area contributed by atoms with E-state index in [-0.39, 0.29) is 23.6 Å². The van der Waals surface area contributed by atoms with Crippen LogP contribution in [0.4, 0.5) is 19.1 Å². The molecule has 2 fully saturated rings. The molecule has 2 aromatic rings. The van der Waals surface area contributed by atoms with Gasteiger partial charge in [-0.1, -0.05) is 19.3 Å². The quantitative estimate of drug-likeness (QED) is 0.911. The molecule has 2 saturated carbocycles. The number of nitrogens with zero attached hydrogens (tertiary/aromatic N) is 4. The van der Waals surface area contributed by atoms with Gasteiger partial charge in [-0.3, -0.25) is 4.57 Å². The molecule has 0 saturated heterocycles. The summed E-state index contributed by atoms with van der Waals surface area (Å²) in [5.41, 5.74) is 7.14. The normalized spacial score (nSPS) is 20.3. The van der Waals surface area contributed by atoms with Crippen LogP contribution in [0.3, 0.4) is 0 Å². The van der Waals surface area contributed by atoms with Gasteiger partial charge < -0.3 is 5.73 Å². The molecule has 0 amide bonds. The summed E-state index contributed by atoms with van der Waals surface area (Å²) in [5, 5.41) is 0. The van der Waals surface area contributed by atoms with Gasteiger partial charge in [-0.15, -0.1) is 0 Å². The van der Waals surface area contributed by atoms with Crippen molar-refractivity contribution in [1.82, 2.24) is 19.5 Å². The average Bonchev–Trinajstić information content (AvgIpc) is 3.28. The van der Waals surface area contributed by atoms with Crippen molar-refractivity contribution in [3.05, 3.63) is 11.5 Å². The maximum atomic E-state index is 13.2. The molecule has 2 N–H and O–H groups in total. The maximum Gasteiger partial charge on any atom is 0.451 e. The van der Waals surface area contributed by atoms with E-state index < -0.39 is 12.0 Å². The Balaban J connectivity index is 1.92. The van der Waals surface area contributed by atoms with Gasteiger partial charge in [0, 0.05) is 12.0 Å². The molecule has 2 aliphatic rings. The lowest BCUT2D eigenvalue weighted by Gasteiger charge is -2.24. The number of aromatic nitrogens is 4.